The Labute approximate surface area is 101 Å². The molecule has 2 aliphatic carbocycles. The normalized spacial score (nSPS) is 20.9. The highest BCUT2D eigenvalue weighted by atomic mass is 16.4. The maximum Gasteiger partial charge on any atom is 0.321 e. The van der Waals surface area contributed by atoms with Crippen molar-refractivity contribution in [1.29, 1.82) is 0 Å². The van der Waals surface area contributed by atoms with Crippen molar-refractivity contribution < 1.29 is 39.6 Å². The highest BCUT2D eigenvalue weighted by Crippen LogP contribution is 2.46. The molecule has 2 fully saturated rings. The number of hydrogen-bond acceptors (Lipinski definition) is 4. The zero-order valence-electron chi connectivity index (χ0n) is 9.25. The largest absolute Gasteiger partial charge is 0.480 e. The van der Waals surface area contributed by atoms with Gasteiger partial charge in [-0.05, 0) is 25.7 Å². The summed E-state index contributed by atoms with van der Waals surface area (Å²) < 4.78 is 0. The van der Waals surface area contributed by atoms with Crippen molar-refractivity contribution in [2.24, 2.45) is 10.8 Å². The summed E-state index contributed by atoms with van der Waals surface area (Å²) in [6.07, 6.45) is 1.10. The van der Waals surface area contributed by atoms with Crippen molar-refractivity contribution in [2.75, 3.05) is 0 Å². The van der Waals surface area contributed by atoms with Crippen LogP contribution in [0.3, 0.4) is 0 Å². The standard InChI is InChI=1S/2C5H6O4/c2*6-3(7)5(1-2-5)4(8)9/h2*1-2H2,(H,6,7)(H,8,9). The number of rotatable bonds is 4. The molecule has 0 atom stereocenters. The van der Waals surface area contributed by atoms with E-state index in [2.05, 4.69) is 0 Å². The molecule has 0 aromatic rings. The molecular formula is C10H12O8. The van der Waals surface area contributed by atoms with Gasteiger partial charge in [0.1, 0.15) is 0 Å². The van der Waals surface area contributed by atoms with E-state index < -0.39 is 34.7 Å². The summed E-state index contributed by atoms with van der Waals surface area (Å²) in [6, 6.07) is 0. The first-order chi connectivity index (χ1) is 8.19. The van der Waals surface area contributed by atoms with Gasteiger partial charge in [-0.2, -0.15) is 0 Å². The van der Waals surface area contributed by atoms with Crippen LogP contribution in [0.2, 0.25) is 0 Å². The summed E-state index contributed by atoms with van der Waals surface area (Å²) in [7, 11) is 0. The zero-order valence-corrected chi connectivity index (χ0v) is 9.25. The molecule has 0 aliphatic heterocycles. The maximum atomic E-state index is 10.1. The van der Waals surface area contributed by atoms with Gasteiger partial charge >= 0.3 is 23.9 Å². The van der Waals surface area contributed by atoms with E-state index in [1.54, 1.807) is 0 Å². The number of carbonyl (C=O) groups is 4. The number of aliphatic carboxylic acids is 4. The highest BCUT2D eigenvalue weighted by Gasteiger charge is 2.58. The Bertz CT molecular complexity index is 344. The van der Waals surface area contributed by atoms with Crippen LogP contribution in [-0.4, -0.2) is 44.3 Å². The Morgan fingerprint density at radius 2 is 0.722 bits per heavy atom. The first-order valence-corrected chi connectivity index (χ1v) is 5.13. The minimum absolute atomic E-state index is 0.275. The average Bonchev–Trinajstić information content (AvgIpc) is 3.13. The number of hydrogen-bond donors (Lipinski definition) is 4. The van der Waals surface area contributed by atoms with E-state index in [0.717, 1.165) is 0 Å². The molecule has 0 radical (unpaired) electrons. The van der Waals surface area contributed by atoms with Crippen LogP contribution in [-0.2, 0) is 19.2 Å². The van der Waals surface area contributed by atoms with Crippen LogP contribution >= 0.6 is 0 Å². The van der Waals surface area contributed by atoms with Crippen LogP contribution < -0.4 is 0 Å². The van der Waals surface area contributed by atoms with Crippen LogP contribution in [0.15, 0.2) is 0 Å². The van der Waals surface area contributed by atoms with E-state index >= 15 is 0 Å². The molecule has 100 valence electrons. The third-order valence-corrected chi connectivity index (χ3v) is 3.14. The summed E-state index contributed by atoms with van der Waals surface area (Å²) in [6.45, 7) is 0. The molecule has 8 nitrogen and oxygen atoms in total. The Hall–Kier alpha value is -2.12. The highest BCUT2D eigenvalue weighted by molar-refractivity contribution is 6.01. The van der Waals surface area contributed by atoms with Crippen LogP contribution in [0.5, 0.6) is 0 Å². The average molecular weight is 260 g/mol. The number of carboxylic acids is 4. The van der Waals surface area contributed by atoms with Crippen LogP contribution in [0.4, 0.5) is 0 Å². The lowest BCUT2D eigenvalue weighted by Crippen LogP contribution is -2.24. The smallest absolute Gasteiger partial charge is 0.321 e. The Kier molecular flexibility index (Phi) is 3.32. The van der Waals surface area contributed by atoms with Crippen molar-refractivity contribution in [3.63, 3.8) is 0 Å². The molecule has 0 saturated heterocycles. The molecule has 0 heterocycles. The fraction of sp³-hybridized carbons (Fsp3) is 0.600. The monoisotopic (exact) mass is 260 g/mol. The third-order valence-electron chi connectivity index (χ3n) is 3.14. The molecule has 0 aromatic carbocycles. The fourth-order valence-corrected chi connectivity index (χ4v) is 1.29. The first kappa shape index (κ1) is 13.9. The van der Waals surface area contributed by atoms with Gasteiger partial charge in [0.25, 0.3) is 0 Å². The van der Waals surface area contributed by atoms with E-state index in [4.69, 9.17) is 20.4 Å². The Morgan fingerprint density at radius 1 is 0.556 bits per heavy atom. The van der Waals surface area contributed by atoms with Crippen molar-refractivity contribution in [3.05, 3.63) is 0 Å². The van der Waals surface area contributed by atoms with Crippen molar-refractivity contribution in [2.45, 2.75) is 25.7 Å². The third kappa shape index (κ3) is 2.27. The number of carboxylic acid groups (broad SMARTS) is 4. The van der Waals surface area contributed by atoms with Crippen molar-refractivity contribution >= 4 is 23.9 Å². The van der Waals surface area contributed by atoms with E-state index in [0.29, 0.717) is 0 Å². The van der Waals surface area contributed by atoms with Gasteiger partial charge in [0.15, 0.2) is 10.8 Å². The van der Waals surface area contributed by atoms with E-state index in [9.17, 15) is 19.2 Å². The second-order valence-corrected chi connectivity index (χ2v) is 4.38. The second-order valence-electron chi connectivity index (χ2n) is 4.38. The van der Waals surface area contributed by atoms with Crippen LogP contribution in [0, 0.1) is 10.8 Å². The van der Waals surface area contributed by atoms with Gasteiger partial charge in [0.2, 0.25) is 0 Å². The first-order valence-electron chi connectivity index (χ1n) is 5.13. The summed E-state index contributed by atoms with van der Waals surface area (Å²) in [5, 5.41) is 33.2. The Morgan fingerprint density at radius 3 is 0.722 bits per heavy atom. The topological polar surface area (TPSA) is 149 Å². The summed E-state index contributed by atoms with van der Waals surface area (Å²) in [5.41, 5.74) is -2.83. The van der Waals surface area contributed by atoms with Crippen LogP contribution in [0.25, 0.3) is 0 Å². The molecule has 2 rings (SSSR count). The van der Waals surface area contributed by atoms with Crippen molar-refractivity contribution in [1.82, 2.24) is 0 Å². The van der Waals surface area contributed by atoms with Crippen LogP contribution in [0.1, 0.15) is 25.7 Å². The molecule has 2 aliphatic rings. The molecule has 0 amide bonds. The molecule has 2 saturated carbocycles. The molecule has 4 N–H and O–H groups in total. The van der Waals surface area contributed by atoms with Gasteiger partial charge in [-0.25, -0.2) is 0 Å². The van der Waals surface area contributed by atoms with Gasteiger partial charge in [-0.3, -0.25) is 19.2 Å². The predicted molar refractivity (Wildman–Crippen MR) is 53.9 cm³/mol. The Balaban J connectivity index is 0.000000180. The quantitative estimate of drug-likeness (QED) is 0.510. The molecule has 0 aromatic heterocycles. The summed E-state index contributed by atoms with van der Waals surface area (Å²) in [4.78, 5) is 40.6. The van der Waals surface area contributed by atoms with Gasteiger partial charge in [-0.15, -0.1) is 0 Å². The SMILES string of the molecule is O=C(O)C1(C(=O)O)CC1.O=C(O)C1(C(=O)O)CC1. The molecule has 18 heavy (non-hydrogen) atoms. The molecule has 8 heteroatoms. The van der Waals surface area contributed by atoms with Gasteiger partial charge in [0, 0.05) is 0 Å². The predicted octanol–water partition coefficient (Wildman–Crippen LogP) is -0.128. The van der Waals surface area contributed by atoms with Crippen molar-refractivity contribution in [3.8, 4) is 0 Å². The fourth-order valence-electron chi connectivity index (χ4n) is 1.29. The van der Waals surface area contributed by atoms with Gasteiger partial charge in [-0.1, -0.05) is 0 Å². The second kappa shape index (κ2) is 4.28. The van der Waals surface area contributed by atoms with E-state index in [1.807, 2.05) is 0 Å². The molecule has 0 bridgehead atoms. The van der Waals surface area contributed by atoms with Gasteiger partial charge < -0.3 is 20.4 Å². The van der Waals surface area contributed by atoms with Gasteiger partial charge in [0.05, 0.1) is 0 Å². The maximum absolute atomic E-state index is 10.1. The minimum atomic E-state index is -1.42. The lowest BCUT2D eigenvalue weighted by Gasteiger charge is -1.99. The van der Waals surface area contributed by atoms with E-state index in [-0.39, 0.29) is 25.7 Å². The zero-order chi connectivity index (χ0) is 14.1. The minimum Gasteiger partial charge on any atom is -0.480 e. The summed E-state index contributed by atoms with van der Waals surface area (Å²) >= 11 is 0. The molecule has 0 unspecified atom stereocenters. The molecular weight excluding hydrogens is 248 g/mol. The molecule has 0 spiro atoms. The van der Waals surface area contributed by atoms with E-state index in [1.165, 1.54) is 0 Å². The lowest BCUT2D eigenvalue weighted by molar-refractivity contribution is -0.158. The lowest BCUT2D eigenvalue weighted by atomic mass is 10.1. The summed E-state index contributed by atoms with van der Waals surface area (Å²) in [5.74, 6) is -4.85.